The Balaban J connectivity index is 1.75. The number of hydrogen-bond donors (Lipinski definition) is 0. The molecule has 0 unspecified atom stereocenters. The molecule has 1 heterocycles. The molecule has 1 aliphatic rings. The van der Waals surface area contributed by atoms with Crippen LogP contribution in [0, 0.1) is 0 Å². The van der Waals surface area contributed by atoms with Crippen LogP contribution in [0.5, 0.6) is 0 Å². The van der Waals surface area contributed by atoms with Crippen LogP contribution in [0.25, 0.3) is 0 Å². The zero-order chi connectivity index (χ0) is 19.0. The van der Waals surface area contributed by atoms with E-state index in [-0.39, 0.29) is 34.3 Å². The lowest BCUT2D eigenvalue weighted by atomic mass is 10.1. The predicted octanol–water partition coefficient (Wildman–Crippen LogP) is 3.90. The summed E-state index contributed by atoms with van der Waals surface area (Å²) in [5, 5.41) is 0.892. The van der Waals surface area contributed by atoms with Gasteiger partial charge in [-0.3, -0.25) is 19.3 Å². The lowest BCUT2D eigenvalue weighted by molar-refractivity contribution is -0.130. The summed E-state index contributed by atoms with van der Waals surface area (Å²) in [6.07, 6.45) is 0. The third kappa shape index (κ3) is 3.43. The van der Waals surface area contributed by atoms with Gasteiger partial charge in [0.15, 0.2) is 0 Å². The van der Waals surface area contributed by atoms with Crippen LogP contribution in [-0.4, -0.2) is 41.1 Å². The maximum absolute atomic E-state index is 12.5. The molecule has 0 atom stereocenters. The molecule has 0 saturated carbocycles. The van der Waals surface area contributed by atoms with Gasteiger partial charge in [0.2, 0.25) is 5.91 Å². The number of likely N-dealkylation sites (N-methyl/N-ethyl adjacent to an activating group) is 1. The van der Waals surface area contributed by atoms with E-state index in [4.69, 9.17) is 34.8 Å². The fraction of sp³-hybridized carbons (Fsp3) is 0.167. The molecule has 0 aliphatic carbocycles. The lowest BCUT2D eigenvalue weighted by Gasteiger charge is -2.21. The van der Waals surface area contributed by atoms with Gasteiger partial charge in [-0.1, -0.05) is 53.0 Å². The Hall–Kier alpha value is -2.08. The smallest absolute Gasteiger partial charge is 0.262 e. The van der Waals surface area contributed by atoms with Crippen molar-refractivity contribution in [2.75, 3.05) is 13.6 Å². The van der Waals surface area contributed by atoms with Crippen LogP contribution in [0.3, 0.4) is 0 Å². The molecular weight excluding hydrogens is 399 g/mol. The van der Waals surface area contributed by atoms with Crippen LogP contribution >= 0.6 is 34.8 Å². The molecule has 26 heavy (non-hydrogen) atoms. The molecule has 2 aromatic rings. The minimum absolute atomic E-state index is 0.144. The number of fused-ring (bicyclic) bond motifs is 1. The van der Waals surface area contributed by atoms with Crippen molar-refractivity contribution in [3.63, 3.8) is 0 Å². The van der Waals surface area contributed by atoms with E-state index in [0.29, 0.717) is 5.02 Å². The average molecular weight is 412 g/mol. The second-order valence-corrected chi connectivity index (χ2v) is 7.07. The first-order valence-electron chi connectivity index (χ1n) is 7.62. The zero-order valence-corrected chi connectivity index (χ0v) is 15.9. The third-order valence-electron chi connectivity index (χ3n) is 4.10. The number of amides is 3. The van der Waals surface area contributed by atoms with Gasteiger partial charge in [0.05, 0.1) is 21.2 Å². The maximum atomic E-state index is 12.5. The van der Waals surface area contributed by atoms with Crippen molar-refractivity contribution in [3.05, 3.63) is 68.2 Å². The standard InChI is InChI=1S/C18H13Cl3N2O3/c1-22(8-10-4-2-3-5-13(10)19)16(24)9-23-17(25)11-6-14(20)15(21)7-12(11)18(23)26/h2-7H,8-9H2,1H3. The highest BCUT2D eigenvalue weighted by molar-refractivity contribution is 6.43. The van der Waals surface area contributed by atoms with E-state index in [1.807, 2.05) is 6.07 Å². The molecular formula is C18H13Cl3N2O3. The van der Waals surface area contributed by atoms with Crippen molar-refractivity contribution in [2.45, 2.75) is 6.54 Å². The second kappa shape index (κ2) is 7.27. The second-order valence-electron chi connectivity index (χ2n) is 5.85. The summed E-state index contributed by atoms with van der Waals surface area (Å²) in [4.78, 5) is 39.7. The fourth-order valence-electron chi connectivity index (χ4n) is 2.65. The van der Waals surface area contributed by atoms with Crippen LogP contribution in [0.15, 0.2) is 36.4 Å². The van der Waals surface area contributed by atoms with Gasteiger partial charge in [0.1, 0.15) is 6.54 Å². The highest BCUT2D eigenvalue weighted by Gasteiger charge is 2.37. The molecule has 0 aromatic heterocycles. The largest absolute Gasteiger partial charge is 0.340 e. The van der Waals surface area contributed by atoms with Crippen LogP contribution < -0.4 is 0 Å². The monoisotopic (exact) mass is 410 g/mol. The summed E-state index contributed by atoms with van der Waals surface area (Å²) in [6, 6.07) is 9.83. The first-order valence-corrected chi connectivity index (χ1v) is 8.75. The van der Waals surface area contributed by atoms with Crippen molar-refractivity contribution in [1.82, 2.24) is 9.80 Å². The van der Waals surface area contributed by atoms with Crippen molar-refractivity contribution in [3.8, 4) is 0 Å². The highest BCUT2D eigenvalue weighted by Crippen LogP contribution is 2.31. The van der Waals surface area contributed by atoms with Gasteiger partial charge in [-0.05, 0) is 23.8 Å². The van der Waals surface area contributed by atoms with E-state index in [1.54, 1.807) is 25.2 Å². The Morgan fingerprint density at radius 1 is 0.962 bits per heavy atom. The summed E-state index contributed by atoms with van der Waals surface area (Å²) in [5.74, 6) is -1.53. The van der Waals surface area contributed by atoms with Crippen molar-refractivity contribution < 1.29 is 14.4 Å². The average Bonchev–Trinajstić information content (AvgIpc) is 2.82. The molecule has 2 aromatic carbocycles. The number of carbonyl (C=O) groups is 3. The molecule has 3 amide bonds. The topological polar surface area (TPSA) is 57.7 Å². The minimum Gasteiger partial charge on any atom is -0.340 e. The summed E-state index contributed by atoms with van der Waals surface area (Å²) in [5.41, 5.74) is 1.06. The predicted molar refractivity (Wildman–Crippen MR) is 99.8 cm³/mol. The highest BCUT2D eigenvalue weighted by atomic mass is 35.5. The number of halogens is 3. The quantitative estimate of drug-likeness (QED) is 0.717. The van der Waals surface area contributed by atoms with Crippen LogP contribution in [-0.2, 0) is 11.3 Å². The summed E-state index contributed by atoms with van der Waals surface area (Å²) in [7, 11) is 1.58. The number of benzene rings is 2. The molecule has 0 spiro atoms. The third-order valence-corrected chi connectivity index (χ3v) is 5.19. The molecule has 0 saturated heterocycles. The van der Waals surface area contributed by atoms with E-state index in [0.717, 1.165) is 10.5 Å². The minimum atomic E-state index is -0.567. The van der Waals surface area contributed by atoms with Gasteiger partial charge in [-0.25, -0.2) is 0 Å². The van der Waals surface area contributed by atoms with E-state index in [2.05, 4.69) is 0 Å². The number of imide groups is 1. The molecule has 0 radical (unpaired) electrons. The molecule has 0 bridgehead atoms. The van der Waals surface area contributed by atoms with Crippen molar-refractivity contribution >= 4 is 52.5 Å². The van der Waals surface area contributed by atoms with Gasteiger partial charge in [0, 0.05) is 18.6 Å². The molecule has 134 valence electrons. The summed E-state index contributed by atoms with van der Waals surface area (Å²) < 4.78 is 0. The summed E-state index contributed by atoms with van der Waals surface area (Å²) >= 11 is 17.9. The zero-order valence-electron chi connectivity index (χ0n) is 13.6. The normalized spacial score (nSPS) is 13.2. The molecule has 0 N–H and O–H groups in total. The lowest BCUT2D eigenvalue weighted by Crippen LogP contribution is -2.41. The summed E-state index contributed by atoms with van der Waals surface area (Å²) in [6.45, 7) is -0.109. The van der Waals surface area contributed by atoms with Gasteiger partial charge in [-0.2, -0.15) is 0 Å². The molecule has 3 rings (SSSR count). The van der Waals surface area contributed by atoms with E-state index >= 15 is 0 Å². The van der Waals surface area contributed by atoms with Crippen LogP contribution in [0.4, 0.5) is 0 Å². The van der Waals surface area contributed by atoms with Crippen molar-refractivity contribution in [1.29, 1.82) is 0 Å². The number of carbonyl (C=O) groups excluding carboxylic acids is 3. The maximum Gasteiger partial charge on any atom is 0.262 e. The van der Waals surface area contributed by atoms with E-state index in [1.165, 1.54) is 17.0 Å². The number of hydrogen-bond acceptors (Lipinski definition) is 3. The Labute approximate surface area is 165 Å². The van der Waals surface area contributed by atoms with Crippen LogP contribution in [0.2, 0.25) is 15.1 Å². The Bertz CT molecular complexity index is 889. The van der Waals surface area contributed by atoms with E-state index < -0.39 is 17.7 Å². The number of nitrogens with zero attached hydrogens (tertiary/aromatic N) is 2. The number of rotatable bonds is 4. The SMILES string of the molecule is CN(Cc1ccccc1Cl)C(=O)CN1C(=O)c2cc(Cl)c(Cl)cc2C1=O. The molecule has 8 heteroatoms. The van der Waals surface area contributed by atoms with Crippen LogP contribution in [0.1, 0.15) is 26.3 Å². The molecule has 5 nitrogen and oxygen atoms in total. The van der Waals surface area contributed by atoms with Crippen molar-refractivity contribution in [2.24, 2.45) is 0 Å². The van der Waals surface area contributed by atoms with Gasteiger partial charge in [-0.15, -0.1) is 0 Å². The fourth-order valence-corrected chi connectivity index (χ4v) is 3.18. The van der Waals surface area contributed by atoms with Gasteiger partial charge in [0.25, 0.3) is 11.8 Å². The Kier molecular flexibility index (Phi) is 5.23. The Morgan fingerprint density at radius 3 is 2.04 bits per heavy atom. The Morgan fingerprint density at radius 2 is 1.50 bits per heavy atom. The molecule has 0 fully saturated rings. The van der Waals surface area contributed by atoms with Gasteiger partial charge < -0.3 is 4.90 Å². The first kappa shape index (κ1) is 18.7. The van der Waals surface area contributed by atoms with E-state index in [9.17, 15) is 14.4 Å². The molecule has 1 aliphatic heterocycles. The first-order chi connectivity index (χ1) is 12.3. The van der Waals surface area contributed by atoms with Gasteiger partial charge >= 0.3 is 0 Å².